The van der Waals surface area contributed by atoms with Crippen LogP contribution in [-0.4, -0.2) is 14.8 Å². The maximum atomic E-state index is 6.44. The number of hydrogen-bond acceptors (Lipinski definition) is 3. The molecule has 0 saturated heterocycles. The Morgan fingerprint density at radius 3 is 2.70 bits per heavy atom. The molecule has 1 aromatic carbocycles. The average molecular weight is 266 g/mol. The molecule has 0 fully saturated rings. The lowest BCUT2D eigenvalue weighted by molar-refractivity contribution is 0.728. The Morgan fingerprint density at radius 2 is 2.00 bits per heavy atom. The summed E-state index contributed by atoms with van der Waals surface area (Å²) in [4.78, 5) is 4.39. The lowest BCUT2D eigenvalue weighted by Crippen LogP contribution is -2.14. The van der Waals surface area contributed by atoms with E-state index in [9.17, 15) is 0 Å². The van der Waals surface area contributed by atoms with Gasteiger partial charge in [-0.05, 0) is 31.5 Å². The van der Waals surface area contributed by atoms with Crippen molar-refractivity contribution in [2.45, 2.75) is 19.9 Å². The summed E-state index contributed by atoms with van der Waals surface area (Å²) in [5.41, 5.74) is 11.7. The van der Waals surface area contributed by atoms with Gasteiger partial charge in [-0.15, -0.1) is 0 Å². The molecule has 0 bridgehead atoms. The second-order valence-corrected chi connectivity index (χ2v) is 5.14. The molecule has 20 heavy (non-hydrogen) atoms. The summed E-state index contributed by atoms with van der Waals surface area (Å²) in [7, 11) is 1.94. The number of fused-ring (bicyclic) bond motifs is 1. The highest BCUT2D eigenvalue weighted by Gasteiger charge is 2.18. The van der Waals surface area contributed by atoms with Crippen molar-refractivity contribution < 1.29 is 0 Å². The molecule has 0 aliphatic carbocycles. The standard InChI is InChI=1S/C16H18N4/c1-10-15(11(2)20(3)19-10)16(17)13-7-6-12-5-4-8-18-14(12)9-13/h4-9,16H,17H2,1-3H3. The van der Waals surface area contributed by atoms with E-state index < -0.39 is 0 Å². The van der Waals surface area contributed by atoms with Crippen molar-refractivity contribution in [2.24, 2.45) is 12.8 Å². The average Bonchev–Trinajstić information content (AvgIpc) is 2.71. The first kappa shape index (κ1) is 12.8. The molecule has 4 heteroatoms. The zero-order valence-electron chi connectivity index (χ0n) is 12.0. The second kappa shape index (κ2) is 4.72. The van der Waals surface area contributed by atoms with E-state index in [2.05, 4.69) is 41.3 Å². The first-order chi connectivity index (χ1) is 9.58. The van der Waals surface area contributed by atoms with Crippen LogP contribution in [0.15, 0.2) is 36.5 Å². The summed E-state index contributed by atoms with van der Waals surface area (Å²) in [6.07, 6.45) is 1.80. The largest absolute Gasteiger partial charge is 0.320 e. The predicted octanol–water partition coefficient (Wildman–Crippen LogP) is 2.63. The van der Waals surface area contributed by atoms with Crippen LogP contribution in [0.2, 0.25) is 0 Å². The Bertz CT molecular complexity index is 773. The number of rotatable bonds is 2. The van der Waals surface area contributed by atoms with Gasteiger partial charge in [-0.3, -0.25) is 9.67 Å². The van der Waals surface area contributed by atoms with Gasteiger partial charge in [0.05, 0.1) is 17.3 Å². The van der Waals surface area contributed by atoms with Gasteiger partial charge in [0.2, 0.25) is 0 Å². The Kier molecular flexibility index (Phi) is 3.03. The molecule has 4 nitrogen and oxygen atoms in total. The van der Waals surface area contributed by atoms with Gasteiger partial charge >= 0.3 is 0 Å². The molecule has 2 aromatic heterocycles. The third kappa shape index (κ3) is 1.98. The van der Waals surface area contributed by atoms with Crippen LogP contribution in [0.5, 0.6) is 0 Å². The van der Waals surface area contributed by atoms with E-state index in [4.69, 9.17) is 5.73 Å². The molecular formula is C16H18N4. The molecule has 0 spiro atoms. The highest BCUT2D eigenvalue weighted by atomic mass is 15.3. The van der Waals surface area contributed by atoms with Crippen molar-refractivity contribution in [1.29, 1.82) is 0 Å². The SMILES string of the molecule is Cc1nn(C)c(C)c1C(N)c1ccc2cccnc2c1. The smallest absolute Gasteiger partial charge is 0.0705 e. The molecule has 1 atom stereocenters. The van der Waals surface area contributed by atoms with Gasteiger partial charge in [-0.2, -0.15) is 5.10 Å². The molecule has 0 aliphatic heterocycles. The number of aryl methyl sites for hydroxylation is 2. The molecule has 0 saturated carbocycles. The fraction of sp³-hybridized carbons (Fsp3) is 0.250. The topological polar surface area (TPSA) is 56.7 Å². The third-order valence-electron chi connectivity index (χ3n) is 3.87. The van der Waals surface area contributed by atoms with Gasteiger partial charge in [0.25, 0.3) is 0 Å². The van der Waals surface area contributed by atoms with Gasteiger partial charge in [-0.1, -0.05) is 18.2 Å². The molecule has 1 unspecified atom stereocenters. The predicted molar refractivity (Wildman–Crippen MR) is 80.5 cm³/mol. The van der Waals surface area contributed by atoms with Gasteiger partial charge in [0.1, 0.15) is 0 Å². The Balaban J connectivity index is 2.10. The van der Waals surface area contributed by atoms with Crippen molar-refractivity contribution in [3.63, 3.8) is 0 Å². The molecular weight excluding hydrogens is 248 g/mol. The van der Waals surface area contributed by atoms with Crippen LogP contribution in [-0.2, 0) is 7.05 Å². The number of nitrogens with two attached hydrogens (primary N) is 1. The van der Waals surface area contributed by atoms with E-state index >= 15 is 0 Å². The first-order valence-corrected chi connectivity index (χ1v) is 6.68. The van der Waals surface area contributed by atoms with E-state index in [0.29, 0.717) is 0 Å². The molecule has 2 N–H and O–H groups in total. The monoisotopic (exact) mass is 266 g/mol. The van der Waals surface area contributed by atoms with Crippen LogP contribution in [0.4, 0.5) is 0 Å². The number of benzene rings is 1. The molecule has 2 heterocycles. The summed E-state index contributed by atoms with van der Waals surface area (Å²) in [5, 5.41) is 5.57. The molecule has 0 amide bonds. The van der Waals surface area contributed by atoms with Crippen molar-refractivity contribution >= 4 is 10.9 Å². The highest BCUT2D eigenvalue weighted by molar-refractivity contribution is 5.79. The number of nitrogens with zero attached hydrogens (tertiary/aromatic N) is 3. The number of pyridine rings is 1. The third-order valence-corrected chi connectivity index (χ3v) is 3.87. The summed E-state index contributed by atoms with van der Waals surface area (Å²) in [6, 6.07) is 10.0. The van der Waals surface area contributed by atoms with Crippen molar-refractivity contribution in [1.82, 2.24) is 14.8 Å². The zero-order chi connectivity index (χ0) is 14.3. The van der Waals surface area contributed by atoms with E-state index in [1.807, 2.05) is 24.7 Å². The van der Waals surface area contributed by atoms with Crippen LogP contribution >= 0.6 is 0 Å². The molecule has 0 aliphatic rings. The summed E-state index contributed by atoms with van der Waals surface area (Å²) in [5.74, 6) is 0. The van der Waals surface area contributed by atoms with Gasteiger partial charge < -0.3 is 5.73 Å². The second-order valence-electron chi connectivity index (χ2n) is 5.14. The number of hydrogen-bond donors (Lipinski definition) is 1. The van der Waals surface area contributed by atoms with Crippen molar-refractivity contribution in [3.8, 4) is 0 Å². The van der Waals surface area contributed by atoms with E-state index in [-0.39, 0.29) is 6.04 Å². The highest BCUT2D eigenvalue weighted by Crippen LogP contribution is 2.27. The normalized spacial score (nSPS) is 12.8. The van der Waals surface area contributed by atoms with Crippen LogP contribution in [0.3, 0.4) is 0 Å². The van der Waals surface area contributed by atoms with Crippen LogP contribution in [0.1, 0.15) is 28.6 Å². The minimum absolute atomic E-state index is 0.171. The van der Waals surface area contributed by atoms with E-state index in [0.717, 1.165) is 33.4 Å². The molecule has 3 aromatic rings. The Hall–Kier alpha value is -2.20. The van der Waals surface area contributed by atoms with Crippen LogP contribution in [0, 0.1) is 13.8 Å². The van der Waals surface area contributed by atoms with E-state index in [1.165, 1.54) is 0 Å². The summed E-state index contributed by atoms with van der Waals surface area (Å²) < 4.78 is 1.88. The first-order valence-electron chi connectivity index (χ1n) is 6.68. The lowest BCUT2D eigenvalue weighted by Gasteiger charge is -2.13. The van der Waals surface area contributed by atoms with Gasteiger partial charge in [0.15, 0.2) is 0 Å². The fourth-order valence-corrected chi connectivity index (χ4v) is 2.68. The summed E-state index contributed by atoms with van der Waals surface area (Å²) in [6.45, 7) is 4.05. The lowest BCUT2D eigenvalue weighted by atomic mass is 9.97. The maximum Gasteiger partial charge on any atom is 0.0705 e. The van der Waals surface area contributed by atoms with Crippen LogP contribution in [0.25, 0.3) is 10.9 Å². The maximum absolute atomic E-state index is 6.44. The number of aromatic nitrogens is 3. The Labute approximate surface area is 118 Å². The minimum atomic E-state index is -0.171. The minimum Gasteiger partial charge on any atom is -0.320 e. The Morgan fingerprint density at radius 1 is 1.20 bits per heavy atom. The zero-order valence-corrected chi connectivity index (χ0v) is 12.0. The van der Waals surface area contributed by atoms with Gasteiger partial charge in [0, 0.05) is 29.9 Å². The molecule has 3 rings (SSSR count). The van der Waals surface area contributed by atoms with Crippen molar-refractivity contribution in [3.05, 3.63) is 59.0 Å². The molecule has 102 valence electrons. The van der Waals surface area contributed by atoms with Crippen LogP contribution < -0.4 is 5.73 Å². The van der Waals surface area contributed by atoms with Gasteiger partial charge in [-0.25, -0.2) is 0 Å². The fourth-order valence-electron chi connectivity index (χ4n) is 2.68. The quantitative estimate of drug-likeness (QED) is 0.775. The van der Waals surface area contributed by atoms with Crippen molar-refractivity contribution in [2.75, 3.05) is 0 Å². The molecule has 0 radical (unpaired) electrons. The summed E-state index contributed by atoms with van der Waals surface area (Å²) >= 11 is 0. The van der Waals surface area contributed by atoms with E-state index in [1.54, 1.807) is 6.20 Å².